The minimum Gasteiger partial charge on any atom is -0.379 e. The van der Waals surface area contributed by atoms with Gasteiger partial charge in [0.05, 0.1) is 5.75 Å². The Morgan fingerprint density at radius 2 is 2.00 bits per heavy atom. The fraction of sp³-hybridized carbons (Fsp3) is 0.636. The van der Waals surface area contributed by atoms with Crippen molar-refractivity contribution in [3.8, 4) is 11.6 Å². The summed E-state index contributed by atoms with van der Waals surface area (Å²) in [6, 6.07) is 0. The van der Waals surface area contributed by atoms with E-state index in [9.17, 15) is 0 Å². The van der Waals surface area contributed by atoms with Gasteiger partial charge in [0.15, 0.2) is 5.82 Å². The third-order valence-corrected chi connectivity index (χ3v) is 4.55. The second kappa shape index (κ2) is 5.60. The van der Waals surface area contributed by atoms with E-state index in [0.717, 1.165) is 11.0 Å². The third-order valence-electron chi connectivity index (χ3n) is 3.18. The van der Waals surface area contributed by atoms with E-state index in [2.05, 4.69) is 25.1 Å². The number of nitrogens with two attached hydrogens (primary N) is 1. The van der Waals surface area contributed by atoms with Gasteiger partial charge in [-0.25, -0.2) is 4.63 Å². The molecule has 0 atom stereocenters. The summed E-state index contributed by atoms with van der Waals surface area (Å²) in [5.41, 5.74) is 5.88. The van der Waals surface area contributed by atoms with Crippen LogP contribution in [0.1, 0.15) is 37.9 Å². The lowest BCUT2D eigenvalue weighted by atomic mass is 10.0. The van der Waals surface area contributed by atoms with E-state index in [1.165, 1.54) is 32.1 Å². The summed E-state index contributed by atoms with van der Waals surface area (Å²) in [4.78, 5) is 4.26. The van der Waals surface area contributed by atoms with Crippen molar-refractivity contribution in [2.45, 2.75) is 43.1 Å². The van der Waals surface area contributed by atoms with E-state index in [0.29, 0.717) is 11.5 Å². The quantitative estimate of drug-likeness (QED) is 0.910. The molecule has 7 nitrogen and oxygen atoms in total. The first-order valence-electron chi connectivity index (χ1n) is 6.35. The van der Waals surface area contributed by atoms with Crippen molar-refractivity contribution in [3.63, 3.8) is 0 Å². The van der Waals surface area contributed by atoms with Gasteiger partial charge in [-0.05, 0) is 23.2 Å². The molecule has 1 fully saturated rings. The van der Waals surface area contributed by atoms with Crippen LogP contribution in [-0.4, -0.2) is 25.7 Å². The summed E-state index contributed by atoms with van der Waals surface area (Å²) in [6.45, 7) is 0. The Morgan fingerprint density at radius 1 is 1.16 bits per heavy atom. The molecule has 1 aliphatic carbocycles. The first kappa shape index (κ1) is 12.5. The highest BCUT2D eigenvalue weighted by Crippen LogP contribution is 2.30. The van der Waals surface area contributed by atoms with Gasteiger partial charge in [-0.3, -0.25) is 0 Å². The van der Waals surface area contributed by atoms with E-state index in [-0.39, 0.29) is 11.7 Å². The fourth-order valence-electron chi connectivity index (χ4n) is 2.18. The molecular weight excluding hydrogens is 266 g/mol. The molecule has 0 aliphatic heterocycles. The summed E-state index contributed by atoms with van der Waals surface area (Å²) in [6.07, 6.45) is 6.60. The first-order valence-corrected chi connectivity index (χ1v) is 7.40. The first-order chi connectivity index (χ1) is 9.33. The average molecular weight is 281 g/mol. The van der Waals surface area contributed by atoms with E-state index in [4.69, 9.17) is 10.3 Å². The standard InChI is InChI=1S/C11H15N5O2S/c12-10-9(15-18-16-10)11-13-8(14-17-11)6-19-7-4-2-1-3-5-7/h7H,1-6H2,(H2,12,16). The van der Waals surface area contributed by atoms with Gasteiger partial charge in [0.1, 0.15) is 0 Å². The molecule has 0 unspecified atom stereocenters. The lowest BCUT2D eigenvalue weighted by molar-refractivity contribution is 0.308. The highest BCUT2D eigenvalue weighted by atomic mass is 32.2. The molecule has 2 aromatic heterocycles. The van der Waals surface area contributed by atoms with Gasteiger partial charge in [0.2, 0.25) is 11.5 Å². The van der Waals surface area contributed by atoms with Crippen LogP contribution in [0.4, 0.5) is 5.82 Å². The van der Waals surface area contributed by atoms with Crippen LogP contribution in [-0.2, 0) is 5.75 Å². The third kappa shape index (κ3) is 2.89. The van der Waals surface area contributed by atoms with E-state index in [1.54, 1.807) is 0 Å². The number of nitrogens with zero attached hydrogens (tertiary/aromatic N) is 4. The summed E-state index contributed by atoms with van der Waals surface area (Å²) in [7, 11) is 0. The van der Waals surface area contributed by atoms with Gasteiger partial charge in [-0.15, -0.1) is 0 Å². The molecule has 2 aromatic rings. The molecule has 0 bridgehead atoms. The number of aromatic nitrogens is 4. The molecule has 0 spiro atoms. The Labute approximate surface area is 114 Å². The molecular formula is C11H15N5O2S. The molecule has 0 amide bonds. The molecule has 2 N–H and O–H groups in total. The van der Waals surface area contributed by atoms with Gasteiger partial charge in [0, 0.05) is 5.25 Å². The Morgan fingerprint density at radius 3 is 2.74 bits per heavy atom. The minimum absolute atomic E-state index is 0.162. The fourth-order valence-corrected chi connectivity index (χ4v) is 3.35. The topological polar surface area (TPSA) is 104 Å². The highest BCUT2D eigenvalue weighted by Gasteiger charge is 2.19. The molecule has 1 aliphatic rings. The van der Waals surface area contributed by atoms with E-state index in [1.807, 2.05) is 11.8 Å². The van der Waals surface area contributed by atoms with Crippen LogP contribution < -0.4 is 5.73 Å². The molecule has 8 heteroatoms. The predicted octanol–water partition coefficient (Wildman–Crippen LogP) is 2.27. The predicted molar refractivity (Wildman–Crippen MR) is 70.2 cm³/mol. The van der Waals surface area contributed by atoms with Crippen LogP contribution in [0.5, 0.6) is 0 Å². The number of nitrogen functional groups attached to an aromatic ring is 1. The van der Waals surface area contributed by atoms with Crippen molar-refractivity contribution >= 4 is 17.6 Å². The number of rotatable bonds is 4. The highest BCUT2D eigenvalue weighted by molar-refractivity contribution is 7.99. The second-order valence-corrected chi connectivity index (χ2v) is 5.87. The van der Waals surface area contributed by atoms with Gasteiger partial charge in [-0.1, -0.05) is 24.4 Å². The average Bonchev–Trinajstić information content (AvgIpc) is 3.06. The molecule has 2 heterocycles. The van der Waals surface area contributed by atoms with E-state index >= 15 is 0 Å². The largest absolute Gasteiger partial charge is 0.379 e. The SMILES string of the molecule is Nc1nonc1-c1nc(CSC2CCCCC2)no1. The Bertz CT molecular complexity index is 535. The van der Waals surface area contributed by atoms with Crippen molar-refractivity contribution < 1.29 is 9.15 Å². The maximum absolute atomic E-state index is 5.57. The zero-order chi connectivity index (χ0) is 13.1. The minimum atomic E-state index is 0.162. The van der Waals surface area contributed by atoms with Gasteiger partial charge in [-0.2, -0.15) is 16.7 Å². The number of anilines is 1. The van der Waals surface area contributed by atoms with Crippen LogP contribution in [0.15, 0.2) is 9.15 Å². The number of hydrogen-bond acceptors (Lipinski definition) is 8. The molecule has 1 saturated carbocycles. The van der Waals surface area contributed by atoms with E-state index < -0.39 is 0 Å². The molecule has 102 valence electrons. The Balaban J connectivity index is 1.60. The van der Waals surface area contributed by atoms with Crippen molar-refractivity contribution in [3.05, 3.63) is 5.82 Å². The Hall–Kier alpha value is -1.57. The number of hydrogen-bond donors (Lipinski definition) is 1. The second-order valence-electron chi connectivity index (χ2n) is 4.58. The van der Waals surface area contributed by atoms with Crippen LogP contribution in [0.2, 0.25) is 0 Å². The van der Waals surface area contributed by atoms with Crippen molar-refractivity contribution in [2.75, 3.05) is 5.73 Å². The zero-order valence-electron chi connectivity index (χ0n) is 10.4. The van der Waals surface area contributed by atoms with Crippen molar-refractivity contribution in [2.24, 2.45) is 0 Å². The van der Waals surface area contributed by atoms with Crippen LogP contribution in [0.3, 0.4) is 0 Å². The van der Waals surface area contributed by atoms with Crippen molar-refractivity contribution in [1.29, 1.82) is 0 Å². The monoisotopic (exact) mass is 281 g/mol. The summed E-state index contributed by atoms with van der Waals surface area (Å²) < 4.78 is 9.62. The summed E-state index contributed by atoms with van der Waals surface area (Å²) in [5.74, 6) is 1.83. The molecule has 0 radical (unpaired) electrons. The maximum atomic E-state index is 5.57. The molecule has 3 rings (SSSR count). The summed E-state index contributed by atoms with van der Waals surface area (Å²) in [5, 5.41) is 11.8. The number of thioether (sulfide) groups is 1. The van der Waals surface area contributed by atoms with Gasteiger partial charge in [0.25, 0.3) is 5.89 Å². The van der Waals surface area contributed by atoms with Crippen LogP contribution >= 0.6 is 11.8 Å². The van der Waals surface area contributed by atoms with Crippen molar-refractivity contribution in [1.82, 2.24) is 20.5 Å². The van der Waals surface area contributed by atoms with Gasteiger partial charge < -0.3 is 10.3 Å². The molecule has 19 heavy (non-hydrogen) atoms. The zero-order valence-corrected chi connectivity index (χ0v) is 11.2. The molecule has 0 aromatic carbocycles. The van der Waals surface area contributed by atoms with Crippen LogP contribution in [0.25, 0.3) is 11.6 Å². The normalized spacial score (nSPS) is 16.8. The summed E-state index contributed by atoms with van der Waals surface area (Å²) >= 11 is 1.89. The smallest absolute Gasteiger partial charge is 0.284 e. The maximum Gasteiger partial charge on any atom is 0.284 e. The van der Waals surface area contributed by atoms with Gasteiger partial charge >= 0.3 is 0 Å². The van der Waals surface area contributed by atoms with Crippen LogP contribution in [0, 0.1) is 0 Å². The Kier molecular flexibility index (Phi) is 3.67. The molecule has 0 saturated heterocycles. The lowest BCUT2D eigenvalue weighted by Gasteiger charge is -2.19. The lowest BCUT2D eigenvalue weighted by Crippen LogP contribution is -2.08.